The highest BCUT2D eigenvalue weighted by Gasteiger charge is 2.26. The summed E-state index contributed by atoms with van der Waals surface area (Å²) in [5.41, 5.74) is 0. The number of nitrogens with one attached hydrogen (secondary N) is 2. The highest BCUT2D eigenvalue weighted by Crippen LogP contribution is 2.24. The van der Waals surface area contributed by atoms with E-state index in [4.69, 9.17) is 5.11 Å². The molecule has 0 radical (unpaired) electrons. The quantitative estimate of drug-likeness (QED) is 0.716. The molecule has 5 nitrogen and oxygen atoms in total. The largest absolute Gasteiger partial charge is 0.481 e. The van der Waals surface area contributed by atoms with Crippen LogP contribution in [-0.4, -0.2) is 35.6 Å². The molecule has 2 aliphatic rings. The zero-order valence-electron chi connectivity index (χ0n) is 12.1. The van der Waals surface area contributed by atoms with Gasteiger partial charge in [-0.3, -0.25) is 9.59 Å². The molecule has 2 saturated carbocycles. The average molecular weight is 282 g/mol. The zero-order chi connectivity index (χ0) is 14.4. The van der Waals surface area contributed by atoms with Crippen molar-refractivity contribution >= 4 is 11.9 Å². The van der Waals surface area contributed by atoms with E-state index in [1.165, 1.54) is 19.3 Å². The molecule has 0 aromatic carbocycles. The number of carboxylic acids is 1. The molecular weight excluding hydrogens is 256 g/mol. The molecule has 0 bridgehead atoms. The lowest BCUT2D eigenvalue weighted by Gasteiger charge is -2.27. The minimum atomic E-state index is -0.682. The second-order valence-corrected chi connectivity index (χ2v) is 6.17. The fraction of sp³-hybridized carbons (Fsp3) is 0.867. The van der Waals surface area contributed by atoms with E-state index < -0.39 is 5.97 Å². The third kappa shape index (κ3) is 4.78. The number of carboxylic acid groups (broad SMARTS) is 1. The van der Waals surface area contributed by atoms with Gasteiger partial charge in [0.25, 0.3) is 0 Å². The maximum Gasteiger partial charge on any atom is 0.306 e. The first-order valence-corrected chi connectivity index (χ1v) is 7.90. The van der Waals surface area contributed by atoms with E-state index in [1.807, 2.05) is 0 Å². The van der Waals surface area contributed by atoms with Crippen molar-refractivity contribution in [3.05, 3.63) is 0 Å². The van der Waals surface area contributed by atoms with E-state index in [0.29, 0.717) is 18.6 Å². The van der Waals surface area contributed by atoms with Crippen LogP contribution in [-0.2, 0) is 9.59 Å². The molecule has 5 heteroatoms. The van der Waals surface area contributed by atoms with Gasteiger partial charge >= 0.3 is 5.97 Å². The number of carbonyl (C=O) groups is 2. The van der Waals surface area contributed by atoms with Gasteiger partial charge in [-0.25, -0.2) is 0 Å². The van der Waals surface area contributed by atoms with Crippen molar-refractivity contribution in [3.63, 3.8) is 0 Å². The van der Waals surface area contributed by atoms with Crippen molar-refractivity contribution in [1.29, 1.82) is 0 Å². The zero-order valence-corrected chi connectivity index (χ0v) is 12.1. The number of rotatable bonds is 5. The summed E-state index contributed by atoms with van der Waals surface area (Å²) in [6.07, 6.45) is 9.09. The predicted octanol–water partition coefficient (Wildman–Crippen LogP) is 1.67. The van der Waals surface area contributed by atoms with Gasteiger partial charge < -0.3 is 15.7 Å². The lowest BCUT2D eigenvalue weighted by molar-refractivity contribution is -0.143. The highest BCUT2D eigenvalue weighted by molar-refractivity contribution is 5.78. The van der Waals surface area contributed by atoms with E-state index in [-0.39, 0.29) is 11.8 Å². The molecule has 0 aromatic heterocycles. The first-order chi connectivity index (χ1) is 9.65. The van der Waals surface area contributed by atoms with E-state index in [0.717, 1.165) is 38.5 Å². The Hall–Kier alpha value is -1.10. The third-order valence-corrected chi connectivity index (χ3v) is 4.60. The van der Waals surface area contributed by atoms with Gasteiger partial charge in [-0.2, -0.15) is 0 Å². The van der Waals surface area contributed by atoms with Gasteiger partial charge in [0.05, 0.1) is 12.5 Å². The van der Waals surface area contributed by atoms with Gasteiger partial charge in [0.1, 0.15) is 0 Å². The second kappa shape index (κ2) is 7.62. The van der Waals surface area contributed by atoms with Crippen LogP contribution in [0.25, 0.3) is 0 Å². The molecule has 0 saturated heterocycles. The molecule has 0 unspecified atom stereocenters. The summed E-state index contributed by atoms with van der Waals surface area (Å²) in [5.74, 6) is -0.792. The first-order valence-electron chi connectivity index (χ1n) is 7.90. The van der Waals surface area contributed by atoms with Crippen LogP contribution in [0.15, 0.2) is 0 Å². The molecule has 2 rings (SSSR count). The average Bonchev–Trinajstić information content (AvgIpc) is 2.46. The van der Waals surface area contributed by atoms with Gasteiger partial charge in [0.15, 0.2) is 0 Å². The van der Waals surface area contributed by atoms with E-state index in [2.05, 4.69) is 10.6 Å². The van der Waals surface area contributed by atoms with Crippen LogP contribution in [0.5, 0.6) is 0 Å². The number of aliphatic carboxylic acids is 1. The molecule has 0 spiro atoms. The molecule has 20 heavy (non-hydrogen) atoms. The van der Waals surface area contributed by atoms with Crippen LogP contribution >= 0.6 is 0 Å². The maximum absolute atomic E-state index is 11.9. The Morgan fingerprint density at radius 3 is 2.15 bits per heavy atom. The second-order valence-electron chi connectivity index (χ2n) is 6.17. The van der Waals surface area contributed by atoms with Gasteiger partial charge in [-0.05, 0) is 38.5 Å². The van der Waals surface area contributed by atoms with Gasteiger partial charge in [-0.1, -0.05) is 19.3 Å². The SMILES string of the molecule is O=C(CNC1CCC(C(=O)O)CC1)NC1CCCCC1. The number of amides is 1. The summed E-state index contributed by atoms with van der Waals surface area (Å²) >= 11 is 0. The molecule has 0 atom stereocenters. The monoisotopic (exact) mass is 282 g/mol. The van der Waals surface area contributed by atoms with Crippen LogP contribution < -0.4 is 10.6 Å². The minimum absolute atomic E-state index is 0.0808. The van der Waals surface area contributed by atoms with Gasteiger partial charge in [0, 0.05) is 12.1 Å². The lowest BCUT2D eigenvalue weighted by atomic mass is 9.86. The van der Waals surface area contributed by atoms with Crippen molar-refractivity contribution < 1.29 is 14.7 Å². The van der Waals surface area contributed by atoms with Crippen molar-refractivity contribution in [2.45, 2.75) is 69.9 Å². The van der Waals surface area contributed by atoms with Crippen molar-refractivity contribution in [2.75, 3.05) is 6.54 Å². The van der Waals surface area contributed by atoms with Gasteiger partial charge in [-0.15, -0.1) is 0 Å². The summed E-state index contributed by atoms with van der Waals surface area (Å²) < 4.78 is 0. The molecule has 3 N–H and O–H groups in total. The molecule has 0 heterocycles. The van der Waals surface area contributed by atoms with E-state index in [9.17, 15) is 9.59 Å². The summed E-state index contributed by atoms with van der Waals surface area (Å²) in [6.45, 7) is 0.360. The molecule has 2 aliphatic carbocycles. The third-order valence-electron chi connectivity index (χ3n) is 4.60. The van der Waals surface area contributed by atoms with E-state index >= 15 is 0 Å². The van der Waals surface area contributed by atoms with Crippen molar-refractivity contribution in [3.8, 4) is 0 Å². The lowest BCUT2D eigenvalue weighted by Crippen LogP contribution is -2.44. The summed E-state index contributed by atoms with van der Waals surface area (Å²) in [7, 11) is 0. The van der Waals surface area contributed by atoms with Crippen molar-refractivity contribution in [1.82, 2.24) is 10.6 Å². The number of carbonyl (C=O) groups excluding carboxylic acids is 1. The van der Waals surface area contributed by atoms with E-state index in [1.54, 1.807) is 0 Å². The molecule has 2 fully saturated rings. The predicted molar refractivity (Wildman–Crippen MR) is 76.4 cm³/mol. The highest BCUT2D eigenvalue weighted by atomic mass is 16.4. The van der Waals surface area contributed by atoms with Crippen molar-refractivity contribution in [2.24, 2.45) is 5.92 Å². The Morgan fingerprint density at radius 1 is 0.900 bits per heavy atom. The molecule has 0 aromatic rings. The number of hydrogen-bond acceptors (Lipinski definition) is 3. The fourth-order valence-electron chi connectivity index (χ4n) is 3.31. The number of hydrogen-bond donors (Lipinski definition) is 3. The fourth-order valence-corrected chi connectivity index (χ4v) is 3.31. The van der Waals surface area contributed by atoms with Gasteiger partial charge in [0.2, 0.25) is 5.91 Å². The first kappa shape index (κ1) is 15.3. The molecule has 114 valence electrons. The molecule has 0 aliphatic heterocycles. The Balaban J connectivity index is 1.60. The topological polar surface area (TPSA) is 78.4 Å². The maximum atomic E-state index is 11.9. The van der Waals surface area contributed by atoms with Crippen LogP contribution in [0.1, 0.15) is 57.8 Å². The molecular formula is C15H26N2O3. The minimum Gasteiger partial charge on any atom is -0.481 e. The summed E-state index contributed by atoms with van der Waals surface area (Å²) in [4.78, 5) is 22.7. The Morgan fingerprint density at radius 2 is 1.55 bits per heavy atom. The van der Waals surface area contributed by atoms with Crippen LogP contribution in [0.2, 0.25) is 0 Å². The molecule has 1 amide bonds. The van der Waals surface area contributed by atoms with Crippen LogP contribution in [0.4, 0.5) is 0 Å². The summed E-state index contributed by atoms with van der Waals surface area (Å²) in [6, 6.07) is 0.656. The Bertz CT molecular complexity index is 332. The smallest absolute Gasteiger partial charge is 0.306 e. The Kier molecular flexibility index (Phi) is 5.83. The normalized spacial score (nSPS) is 28.0. The standard InChI is InChI=1S/C15H26N2O3/c18-14(17-13-4-2-1-3-5-13)10-16-12-8-6-11(7-9-12)15(19)20/h11-13,16H,1-10H2,(H,17,18)(H,19,20). The Labute approximate surface area is 120 Å². The van der Waals surface area contributed by atoms with Crippen LogP contribution in [0.3, 0.4) is 0 Å². The van der Waals surface area contributed by atoms with Crippen LogP contribution in [0, 0.1) is 5.92 Å². The summed E-state index contributed by atoms with van der Waals surface area (Å²) in [5, 5.41) is 15.3.